The number of hydrogen-bond acceptors (Lipinski definition) is 6. The maximum Gasteiger partial charge on any atom is 0.320 e. The predicted octanol–water partition coefficient (Wildman–Crippen LogP) is 4.18. The summed E-state index contributed by atoms with van der Waals surface area (Å²) in [6.45, 7) is 6.87. The number of nitrogens with zero attached hydrogens (tertiary/aromatic N) is 1. The highest BCUT2D eigenvalue weighted by Crippen LogP contribution is 2.30. The fourth-order valence-corrected chi connectivity index (χ4v) is 3.72. The van der Waals surface area contributed by atoms with Gasteiger partial charge in [0.2, 0.25) is 5.91 Å². The molecule has 0 aromatic heterocycles. The van der Waals surface area contributed by atoms with E-state index in [4.69, 9.17) is 15.2 Å². The molecule has 0 saturated heterocycles. The molecule has 2 N–H and O–H groups in total. The Morgan fingerprint density at radius 3 is 1.97 bits per heavy atom. The monoisotopic (exact) mass is 448 g/mol. The van der Waals surface area contributed by atoms with Gasteiger partial charge in [-0.25, -0.2) is 0 Å². The van der Waals surface area contributed by atoms with Gasteiger partial charge in [0.25, 0.3) is 0 Å². The molecule has 0 heterocycles. The van der Waals surface area contributed by atoms with Crippen molar-refractivity contribution in [3.8, 4) is 0 Å². The molecule has 0 spiro atoms. The number of ether oxygens (including phenoxy) is 2. The number of rotatable bonds is 16. The number of nitrogens with two attached hydrogens (primary N) is 1. The zero-order valence-electron chi connectivity index (χ0n) is 20.1. The molecule has 1 unspecified atom stereocenters. The lowest BCUT2D eigenvalue weighted by atomic mass is 9.86. The highest BCUT2D eigenvalue weighted by Gasteiger charge is 2.33. The third-order valence-electron chi connectivity index (χ3n) is 5.51. The summed E-state index contributed by atoms with van der Waals surface area (Å²) < 4.78 is 10.1. The molecule has 0 aliphatic heterocycles. The molecule has 0 aliphatic carbocycles. The van der Waals surface area contributed by atoms with Gasteiger partial charge in [0.15, 0.2) is 5.92 Å². The van der Waals surface area contributed by atoms with Crippen LogP contribution >= 0.6 is 0 Å². The van der Waals surface area contributed by atoms with E-state index in [9.17, 15) is 14.4 Å². The molecule has 0 radical (unpaired) electrons. The summed E-state index contributed by atoms with van der Waals surface area (Å²) in [5.74, 6) is -3.25. The highest BCUT2D eigenvalue weighted by molar-refractivity contribution is 5.95. The summed E-state index contributed by atoms with van der Waals surface area (Å²) in [4.78, 5) is 38.7. The molecule has 1 rings (SSSR count). The molecule has 1 aromatic carbocycles. The molecule has 1 atom stereocenters. The Hall–Kier alpha value is -2.57. The van der Waals surface area contributed by atoms with E-state index in [0.29, 0.717) is 0 Å². The topological polar surface area (TPSA) is 98.9 Å². The highest BCUT2D eigenvalue weighted by atomic mass is 16.6. The van der Waals surface area contributed by atoms with Crippen molar-refractivity contribution >= 4 is 23.5 Å². The Kier molecular flexibility index (Phi) is 13.1. The minimum atomic E-state index is -1.09. The summed E-state index contributed by atoms with van der Waals surface area (Å²) in [5, 5.41) is 0. The fourth-order valence-electron chi connectivity index (χ4n) is 3.72. The SMILES string of the molecule is CCCCCCCN(C)c1ccc(C(CC(N)=O)CC(C(=O)OCC)C(=O)OCC)cc1. The Balaban J connectivity index is 2.92. The molecule has 0 fully saturated rings. The Labute approximate surface area is 192 Å². The van der Waals surface area contributed by atoms with Crippen molar-refractivity contribution < 1.29 is 23.9 Å². The van der Waals surface area contributed by atoms with Crippen molar-refractivity contribution in [1.82, 2.24) is 0 Å². The smallest absolute Gasteiger partial charge is 0.320 e. The van der Waals surface area contributed by atoms with Crippen molar-refractivity contribution in [1.29, 1.82) is 0 Å². The normalized spacial score (nSPS) is 11.8. The second kappa shape index (κ2) is 15.3. The Morgan fingerprint density at radius 2 is 1.47 bits per heavy atom. The molecule has 7 nitrogen and oxygen atoms in total. The molecule has 1 aromatic rings. The molecule has 7 heteroatoms. The van der Waals surface area contributed by atoms with Crippen LogP contribution in [-0.4, -0.2) is 44.7 Å². The van der Waals surface area contributed by atoms with E-state index in [1.165, 1.54) is 25.7 Å². The molecule has 0 aliphatic rings. The van der Waals surface area contributed by atoms with Gasteiger partial charge in [0.1, 0.15) is 0 Å². The first-order valence-corrected chi connectivity index (χ1v) is 11.8. The quantitative estimate of drug-likeness (QED) is 0.231. The summed E-state index contributed by atoms with van der Waals surface area (Å²) in [5.41, 5.74) is 7.39. The van der Waals surface area contributed by atoms with E-state index in [1.54, 1.807) is 13.8 Å². The van der Waals surface area contributed by atoms with Gasteiger partial charge in [0, 0.05) is 25.7 Å². The van der Waals surface area contributed by atoms with Crippen molar-refractivity contribution in [2.75, 3.05) is 31.7 Å². The molecule has 0 bridgehead atoms. The van der Waals surface area contributed by atoms with Crippen LogP contribution in [0.3, 0.4) is 0 Å². The Morgan fingerprint density at radius 1 is 0.906 bits per heavy atom. The van der Waals surface area contributed by atoms with Crippen LogP contribution in [0.4, 0.5) is 5.69 Å². The third kappa shape index (κ3) is 9.71. The van der Waals surface area contributed by atoms with E-state index < -0.39 is 23.8 Å². The number of primary amides is 1. The minimum absolute atomic E-state index is 0.0297. The second-order valence-corrected chi connectivity index (χ2v) is 8.09. The maximum absolute atomic E-state index is 12.4. The first kappa shape index (κ1) is 27.5. The van der Waals surface area contributed by atoms with E-state index >= 15 is 0 Å². The van der Waals surface area contributed by atoms with Gasteiger partial charge in [0.05, 0.1) is 13.2 Å². The largest absolute Gasteiger partial charge is 0.465 e. The van der Waals surface area contributed by atoms with Crippen molar-refractivity contribution in [3.05, 3.63) is 29.8 Å². The van der Waals surface area contributed by atoms with E-state index in [1.807, 2.05) is 24.3 Å². The van der Waals surface area contributed by atoms with Gasteiger partial charge in [-0.3, -0.25) is 14.4 Å². The molecule has 32 heavy (non-hydrogen) atoms. The average Bonchev–Trinajstić information content (AvgIpc) is 2.76. The van der Waals surface area contributed by atoms with Crippen molar-refractivity contribution in [2.45, 2.75) is 71.6 Å². The van der Waals surface area contributed by atoms with Crippen LogP contribution in [0.1, 0.15) is 77.2 Å². The van der Waals surface area contributed by atoms with Crippen molar-refractivity contribution in [3.63, 3.8) is 0 Å². The van der Waals surface area contributed by atoms with Crippen LogP contribution in [0.2, 0.25) is 0 Å². The van der Waals surface area contributed by atoms with Crippen molar-refractivity contribution in [2.24, 2.45) is 11.7 Å². The lowest BCUT2D eigenvalue weighted by Crippen LogP contribution is -2.30. The van der Waals surface area contributed by atoms with E-state index in [-0.39, 0.29) is 32.0 Å². The summed E-state index contributed by atoms with van der Waals surface area (Å²) in [7, 11) is 2.06. The fraction of sp³-hybridized carbons (Fsp3) is 0.640. The zero-order valence-corrected chi connectivity index (χ0v) is 20.1. The standard InChI is InChI=1S/C25H40N2O5/c1-5-8-9-10-11-16-27(4)21-14-12-19(13-15-21)20(18-23(26)28)17-22(24(29)31-6-2)25(30)32-7-3/h12-15,20,22H,5-11,16-18H2,1-4H3,(H2,26,28). The summed E-state index contributed by atoms with van der Waals surface area (Å²) >= 11 is 0. The molecule has 180 valence electrons. The lowest BCUT2D eigenvalue weighted by Gasteiger charge is -2.23. The second-order valence-electron chi connectivity index (χ2n) is 8.09. The predicted molar refractivity (Wildman–Crippen MR) is 126 cm³/mol. The van der Waals surface area contributed by atoms with Crippen LogP contribution in [0.15, 0.2) is 24.3 Å². The number of benzene rings is 1. The average molecular weight is 449 g/mol. The van der Waals surface area contributed by atoms with Gasteiger partial charge in [-0.15, -0.1) is 0 Å². The van der Waals surface area contributed by atoms with E-state index in [2.05, 4.69) is 18.9 Å². The van der Waals surface area contributed by atoms with Gasteiger partial charge in [-0.2, -0.15) is 0 Å². The van der Waals surface area contributed by atoms with E-state index in [0.717, 1.165) is 24.2 Å². The minimum Gasteiger partial charge on any atom is -0.465 e. The number of esters is 2. The number of carbonyl (C=O) groups excluding carboxylic acids is 3. The molecule has 1 amide bonds. The summed E-state index contributed by atoms with van der Waals surface area (Å²) in [6, 6.07) is 7.87. The number of amides is 1. The maximum atomic E-state index is 12.4. The number of anilines is 1. The first-order chi connectivity index (χ1) is 15.3. The van der Waals surface area contributed by atoms with Gasteiger partial charge in [-0.1, -0.05) is 44.7 Å². The van der Waals surface area contributed by atoms with Gasteiger partial charge in [-0.05, 0) is 50.3 Å². The van der Waals surface area contributed by atoms with Crippen LogP contribution in [0.5, 0.6) is 0 Å². The zero-order chi connectivity index (χ0) is 23.9. The first-order valence-electron chi connectivity index (χ1n) is 11.8. The third-order valence-corrected chi connectivity index (χ3v) is 5.51. The molecule has 0 saturated carbocycles. The van der Waals surface area contributed by atoms with Crippen LogP contribution in [0, 0.1) is 5.92 Å². The lowest BCUT2D eigenvalue weighted by molar-refractivity contribution is -0.162. The number of unbranched alkanes of at least 4 members (excludes halogenated alkanes) is 4. The number of hydrogen-bond donors (Lipinski definition) is 1. The Bertz CT molecular complexity index is 687. The van der Waals surface area contributed by atoms with Gasteiger partial charge >= 0.3 is 11.9 Å². The van der Waals surface area contributed by atoms with Gasteiger partial charge < -0.3 is 20.1 Å². The molecular formula is C25H40N2O5. The van der Waals surface area contributed by atoms with Crippen LogP contribution in [-0.2, 0) is 23.9 Å². The number of carbonyl (C=O) groups is 3. The summed E-state index contributed by atoms with van der Waals surface area (Å²) in [6.07, 6.45) is 6.27. The van der Waals surface area contributed by atoms with Crippen LogP contribution in [0.25, 0.3) is 0 Å². The molecular weight excluding hydrogens is 408 g/mol. The van der Waals surface area contributed by atoms with Crippen LogP contribution < -0.4 is 10.6 Å².